The van der Waals surface area contributed by atoms with Crippen LogP contribution in [0.15, 0.2) is 97.1 Å². The second kappa shape index (κ2) is 6.77. The normalized spacial score (nSPS) is 10.6. The number of nitrogens with two attached hydrogens (primary N) is 2. The van der Waals surface area contributed by atoms with Crippen LogP contribution >= 0.6 is 0 Å². The van der Waals surface area contributed by atoms with Gasteiger partial charge in [0.05, 0.1) is 0 Å². The van der Waals surface area contributed by atoms with E-state index in [4.69, 9.17) is 11.5 Å². The maximum absolute atomic E-state index is 6.60. The zero-order chi connectivity index (χ0) is 17.9. The average molecular weight is 336 g/mol. The largest absolute Gasteiger partial charge is 0.398 e. The fourth-order valence-electron chi connectivity index (χ4n) is 3.36. The number of para-hydroxylation sites is 2. The minimum atomic E-state index is 0.762. The average Bonchev–Trinajstić information content (AvgIpc) is 2.69. The molecule has 0 aliphatic carbocycles. The molecule has 2 heteroatoms. The van der Waals surface area contributed by atoms with Crippen molar-refractivity contribution in [2.24, 2.45) is 0 Å². The first kappa shape index (κ1) is 16.0. The topological polar surface area (TPSA) is 52.0 Å². The lowest BCUT2D eigenvalue weighted by molar-refractivity contribution is 1.56. The van der Waals surface area contributed by atoms with Gasteiger partial charge in [0, 0.05) is 28.1 Å². The Kier molecular flexibility index (Phi) is 4.16. The van der Waals surface area contributed by atoms with Gasteiger partial charge < -0.3 is 11.5 Å². The lowest BCUT2D eigenvalue weighted by Crippen LogP contribution is -1.96. The van der Waals surface area contributed by atoms with E-state index in [0.29, 0.717) is 0 Å². The second-order valence-electron chi connectivity index (χ2n) is 6.27. The summed E-state index contributed by atoms with van der Waals surface area (Å²) in [6, 6.07) is 32.6. The van der Waals surface area contributed by atoms with Gasteiger partial charge in [0.25, 0.3) is 0 Å². The predicted molar refractivity (Wildman–Crippen MR) is 112 cm³/mol. The first-order chi connectivity index (χ1) is 12.8. The molecule has 0 aromatic heterocycles. The molecule has 0 spiro atoms. The molecule has 0 bridgehead atoms. The van der Waals surface area contributed by atoms with E-state index in [-0.39, 0.29) is 0 Å². The number of nitrogen functional groups attached to an aromatic ring is 2. The van der Waals surface area contributed by atoms with Crippen LogP contribution in [-0.2, 0) is 0 Å². The van der Waals surface area contributed by atoms with Crippen LogP contribution in [0.1, 0.15) is 0 Å². The Balaban J connectivity index is 1.92. The van der Waals surface area contributed by atoms with E-state index in [1.807, 2.05) is 54.6 Å². The Hall–Kier alpha value is -3.52. The lowest BCUT2D eigenvalue weighted by atomic mass is 9.90. The molecule has 0 aliphatic rings. The van der Waals surface area contributed by atoms with Crippen LogP contribution in [0.4, 0.5) is 11.4 Å². The minimum absolute atomic E-state index is 0.762. The summed E-state index contributed by atoms with van der Waals surface area (Å²) < 4.78 is 0. The second-order valence-corrected chi connectivity index (χ2v) is 6.27. The van der Waals surface area contributed by atoms with Crippen LogP contribution in [0.25, 0.3) is 33.4 Å². The van der Waals surface area contributed by atoms with Crippen molar-refractivity contribution in [2.75, 3.05) is 11.5 Å². The molecule has 4 aromatic carbocycles. The third-order valence-corrected chi connectivity index (χ3v) is 4.66. The van der Waals surface area contributed by atoms with Crippen molar-refractivity contribution >= 4 is 11.4 Å². The predicted octanol–water partition coefficient (Wildman–Crippen LogP) is 5.85. The Morgan fingerprint density at radius 2 is 0.885 bits per heavy atom. The molecular formula is C24H20N2. The molecule has 2 nitrogen and oxygen atoms in total. The summed E-state index contributed by atoms with van der Waals surface area (Å²) in [5.74, 6) is 0. The van der Waals surface area contributed by atoms with Gasteiger partial charge in [0.2, 0.25) is 0 Å². The van der Waals surface area contributed by atoms with Crippen LogP contribution in [0.5, 0.6) is 0 Å². The zero-order valence-corrected chi connectivity index (χ0v) is 14.4. The van der Waals surface area contributed by atoms with Crippen LogP contribution in [-0.4, -0.2) is 0 Å². The van der Waals surface area contributed by atoms with Crippen molar-refractivity contribution in [2.45, 2.75) is 0 Å². The Morgan fingerprint density at radius 3 is 1.58 bits per heavy atom. The van der Waals surface area contributed by atoms with E-state index in [1.165, 1.54) is 0 Å². The summed E-state index contributed by atoms with van der Waals surface area (Å²) >= 11 is 0. The smallest absolute Gasteiger partial charge is 0.0473 e. The van der Waals surface area contributed by atoms with Gasteiger partial charge in [-0.3, -0.25) is 0 Å². The van der Waals surface area contributed by atoms with Crippen molar-refractivity contribution in [1.29, 1.82) is 0 Å². The highest BCUT2D eigenvalue weighted by atomic mass is 14.6. The van der Waals surface area contributed by atoms with Crippen LogP contribution in [0, 0.1) is 0 Å². The van der Waals surface area contributed by atoms with Crippen LogP contribution in [0.3, 0.4) is 0 Å². The fraction of sp³-hybridized carbons (Fsp3) is 0. The quantitative estimate of drug-likeness (QED) is 0.461. The van der Waals surface area contributed by atoms with Gasteiger partial charge in [-0.05, 0) is 22.8 Å². The minimum Gasteiger partial charge on any atom is -0.398 e. The van der Waals surface area contributed by atoms with E-state index in [2.05, 4.69) is 42.5 Å². The van der Waals surface area contributed by atoms with Gasteiger partial charge >= 0.3 is 0 Å². The van der Waals surface area contributed by atoms with Crippen molar-refractivity contribution in [3.05, 3.63) is 97.1 Å². The summed E-state index contributed by atoms with van der Waals surface area (Å²) in [5.41, 5.74) is 20.7. The van der Waals surface area contributed by atoms with Gasteiger partial charge in [0.15, 0.2) is 0 Å². The summed E-state index contributed by atoms with van der Waals surface area (Å²) in [6.45, 7) is 0. The molecule has 0 saturated heterocycles. The van der Waals surface area contributed by atoms with Gasteiger partial charge in [-0.25, -0.2) is 0 Å². The number of benzene rings is 4. The third-order valence-electron chi connectivity index (χ3n) is 4.66. The maximum Gasteiger partial charge on any atom is 0.0473 e. The van der Waals surface area contributed by atoms with E-state index in [1.54, 1.807) is 0 Å². The number of hydrogen-bond acceptors (Lipinski definition) is 2. The lowest BCUT2D eigenvalue weighted by Gasteiger charge is -2.16. The van der Waals surface area contributed by atoms with Crippen molar-refractivity contribution < 1.29 is 0 Å². The molecule has 0 unspecified atom stereocenters. The Bertz CT molecular complexity index is 1050. The van der Waals surface area contributed by atoms with Gasteiger partial charge in [-0.15, -0.1) is 0 Å². The molecule has 0 aliphatic heterocycles. The SMILES string of the molecule is Nc1ccccc1-c1ccccc1-c1cccc(-c2ccccc2)c1N. The molecule has 0 saturated carbocycles. The van der Waals surface area contributed by atoms with Gasteiger partial charge in [-0.2, -0.15) is 0 Å². The summed E-state index contributed by atoms with van der Waals surface area (Å²) in [5, 5.41) is 0. The summed E-state index contributed by atoms with van der Waals surface area (Å²) in [4.78, 5) is 0. The first-order valence-corrected chi connectivity index (χ1v) is 8.64. The molecule has 4 aromatic rings. The highest BCUT2D eigenvalue weighted by molar-refractivity contribution is 5.96. The molecule has 26 heavy (non-hydrogen) atoms. The molecule has 126 valence electrons. The van der Waals surface area contributed by atoms with Crippen molar-refractivity contribution in [3.8, 4) is 33.4 Å². The molecule has 0 atom stereocenters. The molecule has 0 heterocycles. The molecule has 0 fully saturated rings. The first-order valence-electron chi connectivity index (χ1n) is 8.64. The monoisotopic (exact) mass is 336 g/mol. The number of hydrogen-bond donors (Lipinski definition) is 2. The molecule has 0 radical (unpaired) electrons. The van der Waals surface area contributed by atoms with E-state index >= 15 is 0 Å². The highest BCUT2D eigenvalue weighted by Gasteiger charge is 2.13. The van der Waals surface area contributed by atoms with E-state index in [0.717, 1.165) is 44.8 Å². The zero-order valence-electron chi connectivity index (χ0n) is 14.4. The summed E-state index contributed by atoms with van der Waals surface area (Å²) in [7, 11) is 0. The van der Waals surface area contributed by atoms with Crippen LogP contribution in [0.2, 0.25) is 0 Å². The number of rotatable bonds is 3. The van der Waals surface area contributed by atoms with Crippen molar-refractivity contribution in [1.82, 2.24) is 0 Å². The van der Waals surface area contributed by atoms with E-state index in [9.17, 15) is 0 Å². The van der Waals surface area contributed by atoms with E-state index < -0.39 is 0 Å². The highest BCUT2D eigenvalue weighted by Crippen LogP contribution is 2.40. The third kappa shape index (κ3) is 2.82. The van der Waals surface area contributed by atoms with Crippen LogP contribution < -0.4 is 11.5 Å². The molecule has 0 amide bonds. The van der Waals surface area contributed by atoms with Gasteiger partial charge in [0.1, 0.15) is 0 Å². The Morgan fingerprint density at radius 1 is 0.385 bits per heavy atom. The maximum atomic E-state index is 6.60. The molecular weight excluding hydrogens is 316 g/mol. The molecule has 4 rings (SSSR count). The summed E-state index contributed by atoms with van der Waals surface area (Å²) in [6.07, 6.45) is 0. The van der Waals surface area contributed by atoms with Gasteiger partial charge in [-0.1, -0.05) is 91.0 Å². The van der Waals surface area contributed by atoms with Crippen molar-refractivity contribution in [3.63, 3.8) is 0 Å². The molecule has 4 N–H and O–H groups in total. The fourth-order valence-corrected chi connectivity index (χ4v) is 3.36. The Labute approximate surface area is 153 Å². The standard InChI is InChI=1S/C24H20N2/c25-23-16-7-6-13-21(23)19-11-4-5-12-20(19)22-15-8-14-18(24(22)26)17-9-2-1-3-10-17/h1-16H,25-26H2. The number of anilines is 2.